The van der Waals surface area contributed by atoms with Gasteiger partial charge in [0, 0.05) is 18.4 Å². The van der Waals surface area contributed by atoms with Crippen LogP contribution >= 0.6 is 0 Å². The summed E-state index contributed by atoms with van der Waals surface area (Å²) in [4.78, 5) is 35.3. The lowest BCUT2D eigenvalue weighted by Gasteiger charge is -2.18. The monoisotopic (exact) mass is 331 g/mol. The SMILES string of the molecule is CC(C)[C@@H](NC(=O)CCC(=O)c1ccc2c(c1)CCCC2)C(=O)O. The molecule has 1 amide bonds. The molecule has 24 heavy (non-hydrogen) atoms. The highest BCUT2D eigenvalue weighted by Crippen LogP contribution is 2.23. The molecule has 0 aromatic heterocycles. The standard InChI is InChI=1S/C19H25NO4/c1-12(2)18(19(23)24)20-17(22)10-9-16(21)15-8-7-13-5-3-4-6-14(13)11-15/h7-8,11-12,18H,3-6,9-10H2,1-2H3,(H,20,22)(H,23,24)/t18-/m1/s1. The third-order valence-corrected chi connectivity index (χ3v) is 4.50. The Hall–Kier alpha value is -2.17. The van der Waals surface area contributed by atoms with Crippen molar-refractivity contribution < 1.29 is 19.5 Å². The van der Waals surface area contributed by atoms with Gasteiger partial charge in [0.05, 0.1) is 0 Å². The van der Waals surface area contributed by atoms with Gasteiger partial charge in [-0.25, -0.2) is 4.79 Å². The van der Waals surface area contributed by atoms with Gasteiger partial charge in [0.2, 0.25) is 5.91 Å². The van der Waals surface area contributed by atoms with Gasteiger partial charge in [-0.1, -0.05) is 26.0 Å². The van der Waals surface area contributed by atoms with Gasteiger partial charge >= 0.3 is 5.97 Å². The smallest absolute Gasteiger partial charge is 0.326 e. The molecule has 0 aliphatic heterocycles. The molecule has 0 saturated carbocycles. The van der Waals surface area contributed by atoms with Crippen LogP contribution in [0.5, 0.6) is 0 Å². The summed E-state index contributed by atoms with van der Waals surface area (Å²) in [5.41, 5.74) is 3.20. The number of amides is 1. The molecule has 1 aliphatic rings. The second-order valence-electron chi connectivity index (χ2n) is 6.74. The number of carbonyl (C=O) groups excluding carboxylic acids is 2. The number of ketones is 1. The lowest BCUT2D eigenvalue weighted by molar-refractivity contribution is -0.143. The summed E-state index contributed by atoms with van der Waals surface area (Å²) in [5, 5.41) is 11.6. The second-order valence-corrected chi connectivity index (χ2v) is 6.74. The molecular weight excluding hydrogens is 306 g/mol. The van der Waals surface area contributed by atoms with Crippen molar-refractivity contribution in [3.8, 4) is 0 Å². The average molecular weight is 331 g/mol. The van der Waals surface area contributed by atoms with Gasteiger partial charge in [-0.3, -0.25) is 9.59 Å². The number of hydrogen-bond acceptors (Lipinski definition) is 3. The Bertz CT molecular complexity index is 636. The zero-order valence-corrected chi connectivity index (χ0v) is 14.3. The molecule has 0 spiro atoms. The summed E-state index contributed by atoms with van der Waals surface area (Å²) >= 11 is 0. The Morgan fingerprint density at radius 3 is 2.38 bits per heavy atom. The van der Waals surface area contributed by atoms with Crippen LogP contribution in [0.2, 0.25) is 0 Å². The molecule has 5 heteroatoms. The number of benzene rings is 1. The lowest BCUT2D eigenvalue weighted by Crippen LogP contribution is -2.44. The highest BCUT2D eigenvalue weighted by molar-refractivity contribution is 5.98. The number of carbonyl (C=O) groups is 3. The van der Waals surface area contributed by atoms with Gasteiger partial charge in [-0.2, -0.15) is 0 Å². The topological polar surface area (TPSA) is 83.5 Å². The van der Waals surface area contributed by atoms with Gasteiger partial charge in [-0.05, 0) is 48.8 Å². The fraction of sp³-hybridized carbons (Fsp3) is 0.526. The fourth-order valence-electron chi connectivity index (χ4n) is 3.04. The number of rotatable bonds is 7. The summed E-state index contributed by atoms with van der Waals surface area (Å²) in [6.07, 6.45) is 4.52. The maximum atomic E-state index is 12.3. The molecule has 5 nitrogen and oxygen atoms in total. The van der Waals surface area contributed by atoms with E-state index in [9.17, 15) is 14.4 Å². The number of hydrogen-bond donors (Lipinski definition) is 2. The molecule has 130 valence electrons. The van der Waals surface area contributed by atoms with E-state index in [1.165, 1.54) is 17.5 Å². The predicted molar refractivity (Wildman–Crippen MR) is 91.1 cm³/mol. The highest BCUT2D eigenvalue weighted by Gasteiger charge is 2.23. The van der Waals surface area contributed by atoms with E-state index in [-0.39, 0.29) is 24.5 Å². The molecule has 2 rings (SSSR count). The number of Topliss-reactive ketones (excluding diaryl/α,β-unsaturated/α-hetero) is 1. The minimum atomic E-state index is -1.06. The normalized spacial score (nSPS) is 14.8. The Morgan fingerprint density at radius 1 is 1.08 bits per heavy atom. The molecule has 1 aliphatic carbocycles. The maximum Gasteiger partial charge on any atom is 0.326 e. The van der Waals surface area contributed by atoms with Crippen LogP contribution in [0, 0.1) is 5.92 Å². The minimum Gasteiger partial charge on any atom is -0.480 e. The average Bonchev–Trinajstić information content (AvgIpc) is 2.56. The maximum absolute atomic E-state index is 12.3. The molecule has 0 fully saturated rings. The number of fused-ring (bicyclic) bond motifs is 1. The summed E-state index contributed by atoms with van der Waals surface area (Å²) < 4.78 is 0. The van der Waals surface area contributed by atoms with Crippen molar-refractivity contribution in [2.45, 2.75) is 58.4 Å². The molecule has 1 aromatic rings. The van der Waals surface area contributed by atoms with Crippen LogP contribution in [0.4, 0.5) is 0 Å². The van der Waals surface area contributed by atoms with Gasteiger partial charge in [0.25, 0.3) is 0 Å². The van der Waals surface area contributed by atoms with Crippen LogP contribution in [0.25, 0.3) is 0 Å². The summed E-state index contributed by atoms with van der Waals surface area (Å²) in [7, 11) is 0. The summed E-state index contributed by atoms with van der Waals surface area (Å²) in [6, 6.07) is 4.87. The molecule has 0 radical (unpaired) electrons. The van der Waals surface area contributed by atoms with Crippen molar-refractivity contribution in [1.82, 2.24) is 5.32 Å². The Labute approximate surface area is 142 Å². The van der Waals surface area contributed by atoms with E-state index in [0.29, 0.717) is 5.56 Å². The van der Waals surface area contributed by atoms with E-state index in [1.807, 2.05) is 18.2 Å². The number of carboxylic acids is 1. The van der Waals surface area contributed by atoms with Crippen molar-refractivity contribution >= 4 is 17.7 Å². The van der Waals surface area contributed by atoms with Gasteiger partial charge in [0.1, 0.15) is 6.04 Å². The lowest BCUT2D eigenvalue weighted by atomic mass is 9.89. The van der Waals surface area contributed by atoms with Crippen LogP contribution < -0.4 is 5.32 Å². The first kappa shape index (κ1) is 18.2. The van der Waals surface area contributed by atoms with Crippen molar-refractivity contribution in [2.24, 2.45) is 5.92 Å². The van der Waals surface area contributed by atoms with Gasteiger partial charge in [-0.15, -0.1) is 0 Å². The van der Waals surface area contributed by atoms with Crippen LogP contribution in [0.15, 0.2) is 18.2 Å². The van der Waals surface area contributed by atoms with Crippen molar-refractivity contribution in [1.29, 1.82) is 0 Å². The summed E-state index contributed by atoms with van der Waals surface area (Å²) in [5.74, 6) is -1.74. The molecule has 0 saturated heterocycles. The van der Waals surface area contributed by atoms with E-state index in [4.69, 9.17) is 5.11 Å². The zero-order chi connectivity index (χ0) is 17.7. The number of nitrogens with one attached hydrogen (secondary N) is 1. The van der Waals surface area contributed by atoms with Crippen LogP contribution in [0.1, 0.15) is 61.0 Å². The Kier molecular flexibility index (Phi) is 6.12. The first-order chi connectivity index (χ1) is 11.4. The Morgan fingerprint density at radius 2 is 1.75 bits per heavy atom. The molecule has 2 N–H and O–H groups in total. The molecule has 0 unspecified atom stereocenters. The molecular formula is C19H25NO4. The molecule has 1 atom stereocenters. The highest BCUT2D eigenvalue weighted by atomic mass is 16.4. The van der Waals surface area contributed by atoms with E-state index in [1.54, 1.807) is 13.8 Å². The third kappa shape index (κ3) is 4.66. The van der Waals surface area contributed by atoms with Crippen LogP contribution in [-0.2, 0) is 22.4 Å². The number of aliphatic carboxylic acids is 1. The largest absolute Gasteiger partial charge is 0.480 e. The third-order valence-electron chi connectivity index (χ3n) is 4.50. The van der Waals surface area contributed by atoms with Crippen molar-refractivity contribution in [3.05, 3.63) is 34.9 Å². The molecule has 1 aromatic carbocycles. The second kappa shape index (κ2) is 8.08. The number of aryl methyl sites for hydroxylation is 2. The number of carboxylic acid groups (broad SMARTS) is 1. The molecule has 0 heterocycles. The molecule has 0 bridgehead atoms. The van der Waals surface area contributed by atoms with E-state index in [0.717, 1.165) is 19.3 Å². The van der Waals surface area contributed by atoms with E-state index < -0.39 is 17.9 Å². The van der Waals surface area contributed by atoms with Gasteiger partial charge < -0.3 is 10.4 Å². The fourth-order valence-corrected chi connectivity index (χ4v) is 3.04. The van der Waals surface area contributed by atoms with E-state index >= 15 is 0 Å². The van der Waals surface area contributed by atoms with E-state index in [2.05, 4.69) is 5.32 Å². The van der Waals surface area contributed by atoms with Crippen LogP contribution in [0.3, 0.4) is 0 Å². The summed E-state index contributed by atoms with van der Waals surface area (Å²) in [6.45, 7) is 3.47. The zero-order valence-electron chi connectivity index (χ0n) is 14.3. The predicted octanol–water partition coefficient (Wildman–Crippen LogP) is 2.75. The minimum absolute atomic E-state index is 0.00637. The van der Waals surface area contributed by atoms with Crippen LogP contribution in [-0.4, -0.2) is 28.8 Å². The van der Waals surface area contributed by atoms with Crippen molar-refractivity contribution in [3.63, 3.8) is 0 Å². The van der Waals surface area contributed by atoms with Gasteiger partial charge in [0.15, 0.2) is 5.78 Å². The van der Waals surface area contributed by atoms with Crippen molar-refractivity contribution in [2.75, 3.05) is 0 Å². The first-order valence-electron chi connectivity index (χ1n) is 8.55. The quantitative estimate of drug-likeness (QED) is 0.753. The Balaban J connectivity index is 1.90. The first-order valence-corrected chi connectivity index (χ1v) is 8.55.